The molecule has 1 heterocycles. The Labute approximate surface area is 74.1 Å². The van der Waals surface area contributed by atoms with E-state index in [-0.39, 0.29) is 38.6 Å². The maximum atomic E-state index is 3.78. The van der Waals surface area contributed by atoms with Crippen molar-refractivity contribution in [2.75, 3.05) is 0 Å². The third kappa shape index (κ3) is 4.48. The number of halogens is 1. The van der Waals surface area contributed by atoms with Crippen molar-refractivity contribution < 1.29 is 0 Å². The van der Waals surface area contributed by atoms with Gasteiger partial charge in [0.25, 0.3) is 0 Å². The molecule has 0 aliphatic heterocycles. The van der Waals surface area contributed by atoms with Gasteiger partial charge in [-0.2, -0.15) is 0 Å². The molecular weight excluding hydrogens is 318 g/mol. The van der Waals surface area contributed by atoms with Gasteiger partial charge in [-0.25, -0.2) is 0 Å². The molecular formula is C5H9BiClN. The zero-order valence-electron chi connectivity index (χ0n) is 4.45. The van der Waals surface area contributed by atoms with Crippen LogP contribution in [-0.4, -0.2) is 31.2 Å². The van der Waals surface area contributed by atoms with Gasteiger partial charge in [0, 0.05) is 12.4 Å². The van der Waals surface area contributed by atoms with Gasteiger partial charge in [0.15, 0.2) is 0 Å². The molecule has 1 aromatic heterocycles. The molecule has 1 aromatic rings. The first-order chi connectivity index (χ1) is 3.00. The van der Waals surface area contributed by atoms with Crippen molar-refractivity contribution in [1.29, 1.82) is 0 Å². The summed E-state index contributed by atoms with van der Waals surface area (Å²) < 4.78 is 0. The molecule has 0 fully saturated rings. The summed E-state index contributed by atoms with van der Waals surface area (Å²) in [5, 5.41) is 0. The third-order valence-electron chi connectivity index (χ3n) is 0.566. The van der Waals surface area contributed by atoms with E-state index < -0.39 is 0 Å². The van der Waals surface area contributed by atoms with Gasteiger partial charge < -0.3 is 0 Å². The van der Waals surface area contributed by atoms with Crippen molar-refractivity contribution in [2.24, 2.45) is 0 Å². The molecule has 0 bridgehead atoms. The smallest absolute Gasteiger partial charge is 0.0267 e. The van der Waals surface area contributed by atoms with E-state index in [2.05, 4.69) is 4.98 Å². The minimum atomic E-state index is 0. The number of aromatic nitrogens is 1. The number of hydrogen-bond donors (Lipinski definition) is 0. The van der Waals surface area contributed by atoms with Crippen molar-refractivity contribution in [1.82, 2.24) is 4.98 Å². The van der Waals surface area contributed by atoms with Crippen LogP contribution in [0, 0.1) is 0 Å². The Morgan fingerprint density at radius 3 is 1.50 bits per heavy atom. The van der Waals surface area contributed by atoms with Crippen molar-refractivity contribution in [2.45, 2.75) is 0 Å². The molecule has 0 aromatic carbocycles. The molecule has 0 N–H and O–H groups in total. The molecule has 0 saturated carbocycles. The van der Waals surface area contributed by atoms with Crippen LogP contribution in [0.3, 0.4) is 0 Å². The monoisotopic (exact) mass is 327 g/mol. The Kier molecular flexibility index (Phi) is 10.2. The minimum absolute atomic E-state index is 0. The molecule has 0 unspecified atom stereocenters. The van der Waals surface area contributed by atoms with E-state index in [1.54, 1.807) is 12.4 Å². The molecule has 1 rings (SSSR count). The fraction of sp³-hybridized carbons (Fsp3) is 0. The molecule has 0 spiro atoms. The zero-order chi connectivity index (χ0) is 4.24. The van der Waals surface area contributed by atoms with E-state index >= 15 is 0 Å². The van der Waals surface area contributed by atoms with Crippen molar-refractivity contribution in [3.05, 3.63) is 30.6 Å². The molecule has 0 saturated heterocycles. The van der Waals surface area contributed by atoms with Crippen LogP contribution in [0.15, 0.2) is 30.6 Å². The number of hydrogen-bond acceptors (Lipinski definition) is 1. The Bertz CT molecular complexity index is 84.4. The average Bonchev–Trinajstić information content (AvgIpc) is 1.72. The maximum absolute atomic E-state index is 3.78. The molecule has 1 nitrogen and oxygen atoms in total. The van der Waals surface area contributed by atoms with Crippen molar-refractivity contribution in [3.63, 3.8) is 0 Å². The molecule has 3 heteroatoms. The van der Waals surface area contributed by atoms with Gasteiger partial charge in [-0.1, -0.05) is 6.07 Å². The second-order valence-corrected chi connectivity index (χ2v) is 1.02. The van der Waals surface area contributed by atoms with Crippen molar-refractivity contribution >= 4 is 38.6 Å². The molecule has 8 heavy (non-hydrogen) atoms. The SMILES string of the molecule is Cl.[BiH3].c1ccncc1. The van der Waals surface area contributed by atoms with Crippen LogP contribution in [0.4, 0.5) is 0 Å². The number of pyridine rings is 1. The summed E-state index contributed by atoms with van der Waals surface area (Å²) in [5.74, 6) is 0. The van der Waals surface area contributed by atoms with Gasteiger partial charge in [0.2, 0.25) is 0 Å². The summed E-state index contributed by atoms with van der Waals surface area (Å²) in [6, 6.07) is 5.72. The molecule has 0 atom stereocenters. The maximum Gasteiger partial charge on any atom is 0.0267 e. The summed E-state index contributed by atoms with van der Waals surface area (Å²) >= 11 is 0. The topological polar surface area (TPSA) is 12.9 Å². The largest absolute Gasteiger partial charge is 0.265 e. The first-order valence-electron chi connectivity index (χ1n) is 1.85. The van der Waals surface area contributed by atoms with Crippen LogP contribution in [0.25, 0.3) is 0 Å². The standard InChI is InChI=1S/C5H5N.Bi.ClH.3H/c1-2-4-6-5-3-1;;;;;/h1-5H;;1H;;;. The van der Waals surface area contributed by atoms with E-state index in [0.29, 0.717) is 0 Å². The van der Waals surface area contributed by atoms with Crippen LogP contribution in [0.1, 0.15) is 0 Å². The molecule has 0 amide bonds. The minimum Gasteiger partial charge on any atom is -0.265 e. The number of rotatable bonds is 0. The van der Waals surface area contributed by atoms with Crippen LogP contribution >= 0.6 is 12.4 Å². The average molecular weight is 328 g/mol. The van der Waals surface area contributed by atoms with Crippen molar-refractivity contribution in [3.8, 4) is 0 Å². The summed E-state index contributed by atoms with van der Waals surface area (Å²) in [4.78, 5) is 3.78. The fourth-order valence-electron chi connectivity index (χ4n) is 0.313. The Balaban J connectivity index is 0. The van der Waals surface area contributed by atoms with Gasteiger partial charge in [-0.15, -0.1) is 12.4 Å². The van der Waals surface area contributed by atoms with E-state index in [0.717, 1.165) is 0 Å². The Morgan fingerprint density at radius 1 is 0.875 bits per heavy atom. The summed E-state index contributed by atoms with van der Waals surface area (Å²) in [5.41, 5.74) is 0. The molecule has 0 aliphatic rings. The first-order valence-corrected chi connectivity index (χ1v) is 1.85. The molecule has 0 radical (unpaired) electrons. The van der Waals surface area contributed by atoms with E-state index in [4.69, 9.17) is 0 Å². The van der Waals surface area contributed by atoms with Crippen LogP contribution in [0.2, 0.25) is 0 Å². The van der Waals surface area contributed by atoms with Gasteiger partial charge in [0.1, 0.15) is 0 Å². The molecule has 46 valence electrons. The summed E-state index contributed by atoms with van der Waals surface area (Å²) in [7, 11) is 0. The number of nitrogens with zero attached hydrogens (tertiary/aromatic N) is 1. The summed E-state index contributed by atoms with van der Waals surface area (Å²) in [6.07, 6.45) is 3.50. The second kappa shape index (κ2) is 7.32. The predicted octanol–water partition coefficient (Wildman–Crippen LogP) is 0.320. The van der Waals surface area contributed by atoms with Gasteiger partial charge in [0.05, 0.1) is 0 Å². The van der Waals surface area contributed by atoms with E-state index in [1.165, 1.54) is 0 Å². The van der Waals surface area contributed by atoms with Crippen LogP contribution in [-0.2, 0) is 0 Å². The Hall–Kier alpha value is 0.323. The third-order valence-corrected chi connectivity index (χ3v) is 0.566. The quantitative estimate of drug-likeness (QED) is 0.626. The van der Waals surface area contributed by atoms with Gasteiger partial charge >= 0.3 is 26.2 Å². The van der Waals surface area contributed by atoms with Crippen LogP contribution in [0.5, 0.6) is 0 Å². The van der Waals surface area contributed by atoms with E-state index in [1.807, 2.05) is 18.2 Å². The van der Waals surface area contributed by atoms with Gasteiger partial charge in [-0.3, -0.25) is 4.98 Å². The predicted molar refractivity (Wildman–Crippen MR) is 41.4 cm³/mol. The molecule has 0 aliphatic carbocycles. The Morgan fingerprint density at radius 2 is 1.38 bits per heavy atom. The second-order valence-electron chi connectivity index (χ2n) is 1.02. The van der Waals surface area contributed by atoms with Crippen LogP contribution < -0.4 is 0 Å². The normalized spacial score (nSPS) is 6.00. The first kappa shape index (κ1) is 11.2. The summed E-state index contributed by atoms with van der Waals surface area (Å²) in [6.45, 7) is 0. The zero-order valence-corrected chi connectivity index (χ0v) is 10.8. The fourth-order valence-corrected chi connectivity index (χ4v) is 0.313. The van der Waals surface area contributed by atoms with Gasteiger partial charge in [-0.05, 0) is 12.1 Å². The van der Waals surface area contributed by atoms with E-state index in [9.17, 15) is 0 Å².